The van der Waals surface area contributed by atoms with Gasteiger partial charge in [0.2, 0.25) is 5.88 Å². The Kier molecular flexibility index (Phi) is 3.43. The average molecular weight is 211 g/mol. The van der Waals surface area contributed by atoms with Gasteiger partial charge >= 0.3 is 0 Å². The van der Waals surface area contributed by atoms with Crippen LogP contribution in [0.4, 0.5) is 5.69 Å². The molecular weight excluding hydrogens is 198 g/mol. The molecule has 0 N–H and O–H groups in total. The molecule has 6 nitrogen and oxygen atoms in total. The molecule has 15 heavy (non-hydrogen) atoms. The minimum Gasteiger partial charge on any atom is -0.479 e. The van der Waals surface area contributed by atoms with E-state index in [4.69, 9.17) is 9.47 Å². The number of hydrogen-bond donors (Lipinski definition) is 0. The molecule has 0 aromatic carbocycles. The van der Waals surface area contributed by atoms with E-state index in [2.05, 4.69) is 10.2 Å². The van der Waals surface area contributed by atoms with Gasteiger partial charge in [0.05, 0.1) is 14.2 Å². The third-order valence-corrected chi connectivity index (χ3v) is 1.87. The molecule has 6 heteroatoms. The zero-order valence-electron chi connectivity index (χ0n) is 9.14. The fraction of sp³-hybridized carbons (Fsp3) is 0.444. The highest BCUT2D eigenvalue weighted by atomic mass is 16.5. The van der Waals surface area contributed by atoms with Crippen molar-refractivity contribution in [3.63, 3.8) is 0 Å². The average Bonchev–Trinajstić information content (AvgIpc) is 2.26. The van der Waals surface area contributed by atoms with E-state index in [9.17, 15) is 4.79 Å². The number of carbonyl (C=O) groups excluding carboxylic acids is 1. The second-order valence-electron chi connectivity index (χ2n) is 2.99. The highest BCUT2D eigenvalue weighted by Gasteiger charge is 2.18. The zero-order valence-corrected chi connectivity index (χ0v) is 9.14. The molecule has 82 valence electrons. The number of hydrogen-bond acceptors (Lipinski definition) is 6. The lowest BCUT2D eigenvalue weighted by Crippen LogP contribution is -2.15. The summed E-state index contributed by atoms with van der Waals surface area (Å²) in [6, 6.07) is 0. The smallest absolute Gasteiger partial charge is 0.258 e. The van der Waals surface area contributed by atoms with Crippen LogP contribution in [0.25, 0.3) is 0 Å². The monoisotopic (exact) mass is 211 g/mol. The van der Waals surface area contributed by atoms with Crippen molar-refractivity contribution >= 4 is 12.0 Å². The zero-order chi connectivity index (χ0) is 11.4. The van der Waals surface area contributed by atoms with Gasteiger partial charge in [-0.2, -0.15) is 0 Å². The van der Waals surface area contributed by atoms with Crippen LogP contribution in [0.1, 0.15) is 10.4 Å². The van der Waals surface area contributed by atoms with Gasteiger partial charge in [0.15, 0.2) is 6.29 Å². The number of aldehydes is 1. The van der Waals surface area contributed by atoms with Gasteiger partial charge in [0.1, 0.15) is 11.3 Å². The molecule has 0 aliphatic rings. The minimum absolute atomic E-state index is 0.189. The van der Waals surface area contributed by atoms with Crippen LogP contribution in [0, 0.1) is 0 Å². The lowest BCUT2D eigenvalue weighted by Gasteiger charge is -2.17. The lowest BCUT2D eigenvalue weighted by molar-refractivity contribution is 0.111. The van der Waals surface area contributed by atoms with Crippen molar-refractivity contribution in [3.05, 3.63) is 5.56 Å². The standard InChI is InChI=1S/C9H13N3O3/c1-12(2)7-6(5-13)8(14-3)10-11-9(7)15-4/h5H,1-4H3. The Hall–Kier alpha value is -1.85. The van der Waals surface area contributed by atoms with Crippen LogP contribution in [-0.4, -0.2) is 44.8 Å². The first-order valence-corrected chi connectivity index (χ1v) is 4.26. The summed E-state index contributed by atoms with van der Waals surface area (Å²) in [6.07, 6.45) is 0.672. The molecular formula is C9H13N3O3. The molecule has 0 aliphatic carbocycles. The highest BCUT2D eigenvalue weighted by molar-refractivity contribution is 5.89. The molecule has 0 atom stereocenters. The van der Waals surface area contributed by atoms with E-state index in [1.54, 1.807) is 19.0 Å². The lowest BCUT2D eigenvalue weighted by atomic mass is 10.2. The Morgan fingerprint density at radius 3 is 2.07 bits per heavy atom. The summed E-state index contributed by atoms with van der Waals surface area (Å²) in [6.45, 7) is 0. The Bertz CT molecular complexity index is 366. The van der Waals surface area contributed by atoms with E-state index >= 15 is 0 Å². The van der Waals surface area contributed by atoms with E-state index in [0.717, 1.165) is 0 Å². The van der Waals surface area contributed by atoms with Crippen LogP contribution in [-0.2, 0) is 0 Å². The van der Waals surface area contributed by atoms with E-state index in [0.29, 0.717) is 23.4 Å². The summed E-state index contributed by atoms with van der Waals surface area (Å²) in [5.74, 6) is 0.484. The Morgan fingerprint density at radius 1 is 1.13 bits per heavy atom. The molecule has 0 fully saturated rings. The van der Waals surface area contributed by atoms with Gasteiger partial charge in [-0.15, -0.1) is 10.2 Å². The predicted molar refractivity (Wildman–Crippen MR) is 54.9 cm³/mol. The maximum Gasteiger partial charge on any atom is 0.258 e. The molecule has 0 spiro atoms. The number of carbonyl (C=O) groups is 1. The highest BCUT2D eigenvalue weighted by Crippen LogP contribution is 2.31. The molecule has 0 unspecified atom stereocenters. The number of aromatic nitrogens is 2. The van der Waals surface area contributed by atoms with Gasteiger partial charge in [-0.05, 0) is 0 Å². The van der Waals surface area contributed by atoms with Crippen molar-refractivity contribution in [2.45, 2.75) is 0 Å². The number of rotatable bonds is 4. The van der Waals surface area contributed by atoms with Crippen molar-refractivity contribution in [3.8, 4) is 11.8 Å². The largest absolute Gasteiger partial charge is 0.479 e. The van der Waals surface area contributed by atoms with Crippen molar-refractivity contribution in [1.82, 2.24) is 10.2 Å². The van der Waals surface area contributed by atoms with Crippen molar-refractivity contribution in [1.29, 1.82) is 0 Å². The van der Waals surface area contributed by atoms with Gasteiger partial charge in [-0.25, -0.2) is 0 Å². The molecule has 1 rings (SSSR count). The summed E-state index contributed by atoms with van der Waals surface area (Å²) >= 11 is 0. The van der Waals surface area contributed by atoms with Gasteiger partial charge in [0, 0.05) is 14.1 Å². The van der Waals surface area contributed by atoms with Crippen molar-refractivity contribution in [2.24, 2.45) is 0 Å². The van der Waals surface area contributed by atoms with Gasteiger partial charge in [-0.3, -0.25) is 4.79 Å². The quantitative estimate of drug-likeness (QED) is 0.670. The SMILES string of the molecule is COc1nnc(OC)c(N(C)C)c1C=O. The fourth-order valence-corrected chi connectivity index (χ4v) is 1.24. The molecule has 0 bridgehead atoms. The molecule has 1 aromatic rings. The van der Waals surface area contributed by atoms with Gasteiger partial charge in [-0.1, -0.05) is 0 Å². The summed E-state index contributed by atoms with van der Waals surface area (Å²) in [4.78, 5) is 12.7. The Morgan fingerprint density at radius 2 is 1.67 bits per heavy atom. The van der Waals surface area contributed by atoms with Crippen LogP contribution < -0.4 is 14.4 Å². The minimum atomic E-state index is 0.189. The third kappa shape index (κ3) is 1.98. The maximum atomic E-state index is 10.9. The first-order valence-electron chi connectivity index (χ1n) is 4.26. The Balaban J connectivity index is 3.44. The first-order chi connectivity index (χ1) is 7.15. The number of anilines is 1. The van der Waals surface area contributed by atoms with Crippen LogP contribution in [0.5, 0.6) is 11.8 Å². The van der Waals surface area contributed by atoms with Gasteiger partial charge in [0.25, 0.3) is 5.88 Å². The van der Waals surface area contributed by atoms with Crippen molar-refractivity contribution < 1.29 is 14.3 Å². The topological polar surface area (TPSA) is 64.6 Å². The summed E-state index contributed by atoms with van der Waals surface area (Å²) in [5, 5.41) is 7.53. The fourth-order valence-electron chi connectivity index (χ4n) is 1.24. The van der Waals surface area contributed by atoms with Crippen LogP contribution in [0.2, 0.25) is 0 Å². The normalized spacial score (nSPS) is 9.60. The summed E-state index contributed by atoms with van der Waals surface area (Å²) in [5.41, 5.74) is 0.883. The van der Waals surface area contributed by atoms with Crippen LogP contribution >= 0.6 is 0 Å². The van der Waals surface area contributed by atoms with E-state index in [-0.39, 0.29) is 5.88 Å². The van der Waals surface area contributed by atoms with Crippen LogP contribution in [0.3, 0.4) is 0 Å². The number of nitrogens with zero attached hydrogens (tertiary/aromatic N) is 3. The second kappa shape index (κ2) is 4.59. The summed E-state index contributed by atoms with van der Waals surface area (Å²) in [7, 11) is 6.47. The molecule has 1 aromatic heterocycles. The van der Waals surface area contributed by atoms with Gasteiger partial charge < -0.3 is 14.4 Å². The number of methoxy groups -OCH3 is 2. The molecule has 1 heterocycles. The Labute approximate surface area is 87.8 Å². The van der Waals surface area contributed by atoms with E-state index in [1.807, 2.05) is 0 Å². The first kappa shape index (κ1) is 11.2. The molecule has 0 saturated carbocycles. The second-order valence-corrected chi connectivity index (χ2v) is 2.99. The van der Waals surface area contributed by atoms with Crippen molar-refractivity contribution in [2.75, 3.05) is 33.2 Å². The predicted octanol–water partition coefficient (Wildman–Crippen LogP) is 0.372. The van der Waals surface area contributed by atoms with E-state index < -0.39 is 0 Å². The molecule has 0 saturated heterocycles. The molecule has 0 amide bonds. The third-order valence-electron chi connectivity index (χ3n) is 1.87. The number of ether oxygens (including phenoxy) is 2. The summed E-state index contributed by atoms with van der Waals surface area (Å²) < 4.78 is 9.96. The maximum absolute atomic E-state index is 10.9. The van der Waals surface area contributed by atoms with E-state index in [1.165, 1.54) is 14.2 Å². The molecule has 0 aliphatic heterocycles. The molecule has 0 radical (unpaired) electrons. The van der Waals surface area contributed by atoms with Crippen LogP contribution in [0.15, 0.2) is 0 Å².